The van der Waals surface area contributed by atoms with E-state index in [9.17, 15) is 4.79 Å². The molecular weight excluding hydrogens is 332 g/mol. The maximum absolute atomic E-state index is 12.7. The SMILES string of the molecule is Cc1ccsc1[C@@H](Cc1ccccc1)NC(=O)c1cc(C#N)oc1C. The minimum Gasteiger partial charge on any atom is -0.450 e. The van der Waals surface area contributed by atoms with E-state index in [4.69, 9.17) is 9.68 Å². The van der Waals surface area contributed by atoms with Crippen LogP contribution in [0.4, 0.5) is 0 Å². The lowest BCUT2D eigenvalue weighted by molar-refractivity contribution is 0.0935. The molecule has 2 aromatic heterocycles. The van der Waals surface area contributed by atoms with Gasteiger partial charge >= 0.3 is 0 Å². The normalized spacial score (nSPS) is 11.7. The minimum absolute atomic E-state index is 0.130. The molecule has 0 fully saturated rings. The third-order valence-corrected chi connectivity index (χ3v) is 5.21. The molecule has 0 aliphatic rings. The van der Waals surface area contributed by atoms with Crippen LogP contribution in [0.25, 0.3) is 0 Å². The number of carbonyl (C=O) groups is 1. The highest BCUT2D eigenvalue weighted by Crippen LogP contribution is 2.27. The summed E-state index contributed by atoms with van der Waals surface area (Å²) in [5.74, 6) is 0.376. The summed E-state index contributed by atoms with van der Waals surface area (Å²) in [5, 5.41) is 14.1. The monoisotopic (exact) mass is 350 g/mol. The van der Waals surface area contributed by atoms with E-state index >= 15 is 0 Å². The van der Waals surface area contributed by atoms with Crippen LogP contribution in [0.15, 0.2) is 52.3 Å². The number of hydrogen-bond donors (Lipinski definition) is 1. The third-order valence-electron chi connectivity index (χ3n) is 4.08. The Labute approximate surface area is 150 Å². The highest BCUT2D eigenvalue weighted by atomic mass is 32.1. The first-order valence-corrected chi connectivity index (χ1v) is 8.85. The lowest BCUT2D eigenvalue weighted by atomic mass is 10.0. The van der Waals surface area contributed by atoms with Gasteiger partial charge in [-0.15, -0.1) is 11.3 Å². The predicted molar refractivity (Wildman–Crippen MR) is 97.6 cm³/mol. The van der Waals surface area contributed by atoms with Crippen LogP contribution >= 0.6 is 11.3 Å². The van der Waals surface area contributed by atoms with Gasteiger partial charge in [0.1, 0.15) is 11.8 Å². The molecule has 1 amide bonds. The molecule has 3 aromatic rings. The van der Waals surface area contributed by atoms with Gasteiger partial charge in [-0.2, -0.15) is 5.26 Å². The number of aryl methyl sites for hydroxylation is 2. The maximum atomic E-state index is 12.7. The molecule has 25 heavy (non-hydrogen) atoms. The summed E-state index contributed by atoms with van der Waals surface area (Å²) in [6.45, 7) is 3.74. The maximum Gasteiger partial charge on any atom is 0.255 e. The quantitative estimate of drug-likeness (QED) is 0.734. The molecule has 0 spiro atoms. The summed E-state index contributed by atoms with van der Waals surface area (Å²) >= 11 is 1.64. The molecule has 0 unspecified atom stereocenters. The van der Waals surface area contributed by atoms with Crippen molar-refractivity contribution in [3.63, 3.8) is 0 Å². The van der Waals surface area contributed by atoms with Gasteiger partial charge in [0, 0.05) is 10.9 Å². The molecule has 3 rings (SSSR count). The Hall–Kier alpha value is -2.84. The van der Waals surface area contributed by atoms with Crippen molar-refractivity contribution in [2.45, 2.75) is 26.3 Å². The second kappa shape index (κ2) is 7.37. The molecule has 0 radical (unpaired) electrons. The van der Waals surface area contributed by atoms with Crippen molar-refractivity contribution in [3.05, 3.63) is 80.9 Å². The smallest absolute Gasteiger partial charge is 0.255 e. The number of benzene rings is 1. The molecule has 1 N–H and O–H groups in total. The zero-order valence-corrected chi connectivity index (χ0v) is 14.9. The van der Waals surface area contributed by atoms with Crippen molar-refractivity contribution < 1.29 is 9.21 Å². The Kier molecular flexibility index (Phi) is 5.01. The van der Waals surface area contributed by atoms with Gasteiger partial charge < -0.3 is 9.73 Å². The van der Waals surface area contributed by atoms with Gasteiger partial charge in [-0.05, 0) is 42.8 Å². The number of nitriles is 1. The van der Waals surface area contributed by atoms with Crippen LogP contribution in [-0.4, -0.2) is 5.91 Å². The topological polar surface area (TPSA) is 66.0 Å². The molecule has 5 heteroatoms. The average molecular weight is 350 g/mol. The molecule has 0 aliphatic carbocycles. The van der Waals surface area contributed by atoms with Gasteiger partial charge in [-0.1, -0.05) is 30.3 Å². The van der Waals surface area contributed by atoms with Crippen molar-refractivity contribution in [1.82, 2.24) is 5.32 Å². The molecule has 0 saturated heterocycles. The summed E-state index contributed by atoms with van der Waals surface area (Å²) < 4.78 is 5.28. The van der Waals surface area contributed by atoms with Gasteiger partial charge in [0.05, 0.1) is 11.6 Å². The lowest BCUT2D eigenvalue weighted by Crippen LogP contribution is -2.30. The minimum atomic E-state index is -0.225. The second-order valence-corrected chi connectivity index (χ2v) is 6.82. The van der Waals surface area contributed by atoms with Crippen LogP contribution in [0.5, 0.6) is 0 Å². The van der Waals surface area contributed by atoms with Crippen molar-refractivity contribution >= 4 is 17.2 Å². The summed E-state index contributed by atoms with van der Waals surface area (Å²) in [7, 11) is 0. The van der Waals surface area contributed by atoms with Crippen LogP contribution in [0, 0.1) is 25.2 Å². The van der Waals surface area contributed by atoms with E-state index in [0.29, 0.717) is 17.7 Å². The number of nitrogens with one attached hydrogen (secondary N) is 1. The van der Waals surface area contributed by atoms with E-state index in [1.807, 2.05) is 36.6 Å². The molecule has 0 saturated carbocycles. The van der Waals surface area contributed by atoms with E-state index in [0.717, 1.165) is 16.0 Å². The number of rotatable bonds is 5. The van der Waals surface area contributed by atoms with E-state index < -0.39 is 0 Å². The fraction of sp³-hybridized carbons (Fsp3) is 0.200. The van der Waals surface area contributed by atoms with Crippen LogP contribution in [-0.2, 0) is 6.42 Å². The molecule has 0 aliphatic heterocycles. The molecule has 2 heterocycles. The Balaban J connectivity index is 1.87. The van der Waals surface area contributed by atoms with Crippen LogP contribution in [0.2, 0.25) is 0 Å². The van der Waals surface area contributed by atoms with Gasteiger partial charge in [0.15, 0.2) is 0 Å². The van der Waals surface area contributed by atoms with Gasteiger partial charge in [0.25, 0.3) is 5.91 Å². The standard InChI is InChI=1S/C20H18N2O2S/c1-13-8-9-25-19(13)18(10-15-6-4-3-5-7-15)22-20(23)17-11-16(12-21)24-14(17)2/h3-9,11,18H,10H2,1-2H3,(H,22,23)/t18-/m1/s1. The predicted octanol–water partition coefficient (Wildman–Crippen LogP) is 4.54. The van der Waals surface area contributed by atoms with Crippen molar-refractivity contribution in [2.24, 2.45) is 0 Å². The number of nitrogens with zero attached hydrogens (tertiary/aromatic N) is 1. The van der Waals surface area contributed by atoms with Gasteiger partial charge in [0.2, 0.25) is 5.76 Å². The highest BCUT2D eigenvalue weighted by Gasteiger charge is 2.22. The molecule has 0 bridgehead atoms. The lowest BCUT2D eigenvalue weighted by Gasteiger charge is -2.19. The van der Waals surface area contributed by atoms with E-state index in [-0.39, 0.29) is 17.7 Å². The molecule has 1 atom stereocenters. The fourth-order valence-electron chi connectivity index (χ4n) is 2.80. The van der Waals surface area contributed by atoms with Gasteiger partial charge in [-0.3, -0.25) is 4.79 Å². The largest absolute Gasteiger partial charge is 0.450 e. The summed E-state index contributed by atoms with van der Waals surface area (Å²) in [5.41, 5.74) is 2.72. The fourth-order valence-corrected chi connectivity index (χ4v) is 3.78. The average Bonchev–Trinajstić information content (AvgIpc) is 3.20. The highest BCUT2D eigenvalue weighted by molar-refractivity contribution is 7.10. The number of amides is 1. The first-order chi connectivity index (χ1) is 12.1. The van der Waals surface area contributed by atoms with Crippen molar-refractivity contribution in [3.8, 4) is 6.07 Å². The number of thiophene rings is 1. The number of hydrogen-bond acceptors (Lipinski definition) is 4. The Morgan fingerprint density at radius 3 is 2.64 bits per heavy atom. The number of carbonyl (C=O) groups excluding carboxylic acids is 1. The summed E-state index contributed by atoms with van der Waals surface area (Å²) in [4.78, 5) is 13.9. The third kappa shape index (κ3) is 3.81. The first kappa shape index (κ1) is 17.0. The van der Waals surface area contributed by atoms with Crippen LogP contribution in [0.3, 0.4) is 0 Å². The summed E-state index contributed by atoms with van der Waals surface area (Å²) in [6, 6.07) is 15.4. The summed E-state index contributed by atoms with van der Waals surface area (Å²) in [6.07, 6.45) is 0.704. The zero-order valence-electron chi connectivity index (χ0n) is 14.1. The van der Waals surface area contributed by atoms with Crippen molar-refractivity contribution in [1.29, 1.82) is 5.26 Å². The molecule has 1 aromatic carbocycles. The van der Waals surface area contributed by atoms with Gasteiger partial charge in [-0.25, -0.2) is 0 Å². The first-order valence-electron chi connectivity index (χ1n) is 7.97. The second-order valence-electron chi connectivity index (χ2n) is 5.88. The Bertz CT molecular complexity index is 919. The van der Waals surface area contributed by atoms with E-state index in [1.54, 1.807) is 18.3 Å². The molecule has 4 nitrogen and oxygen atoms in total. The Morgan fingerprint density at radius 1 is 1.28 bits per heavy atom. The number of furan rings is 1. The molecular formula is C20H18N2O2S. The van der Waals surface area contributed by atoms with E-state index in [2.05, 4.69) is 23.5 Å². The molecule has 126 valence electrons. The van der Waals surface area contributed by atoms with E-state index in [1.165, 1.54) is 6.07 Å². The van der Waals surface area contributed by atoms with Crippen LogP contribution in [0.1, 0.15) is 43.9 Å². The zero-order chi connectivity index (χ0) is 17.8. The van der Waals surface area contributed by atoms with Crippen molar-refractivity contribution in [2.75, 3.05) is 0 Å². The van der Waals surface area contributed by atoms with Crippen LogP contribution < -0.4 is 5.32 Å². The Morgan fingerprint density at radius 2 is 2.04 bits per heavy atom.